The van der Waals surface area contributed by atoms with Crippen molar-refractivity contribution in [2.75, 3.05) is 0 Å². The van der Waals surface area contributed by atoms with E-state index in [4.69, 9.17) is 4.42 Å². The molecule has 4 aromatic carbocycles. The molecule has 3 unspecified atom stereocenters. The fourth-order valence-corrected chi connectivity index (χ4v) is 9.08. The molecule has 1 aromatic heterocycles. The molecule has 0 saturated heterocycles. The molecule has 47 heavy (non-hydrogen) atoms. The molecule has 0 radical (unpaired) electrons. The summed E-state index contributed by atoms with van der Waals surface area (Å²) in [4.78, 5) is 0. The largest absolute Gasteiger partial charge is 0.455 e. The van der Waals surface area contributed by atoms with Crippen LogP contribution in [0, 0.1) is 11.8 Å². The third-order valence-electron chi connectivity index (χ3n) is 11.1. The van der Waals surface area contributed by atoms with Gasteiger partial charge in [0.25, 0.3) is 0 Å². The minimum absolute atomic E-state index is 0.306. The molecule has 0 fully saturated rings. The zero-order chi connectivity index (χ0) is 30.9. The van der Waals surface area contributed by atoms with E-state index in [-0.39, 0.29) is 0 Å². The number of para-hydroxylation sites is 1. The fraction of sp³-hybridized carbons (Fsp3) is 0.174. The van der Waals surface area contributed by atoms with Crippen LogP contribution in [0.3, 0.4) is 0 Å². The number of hydrogen-bond acceptors (Lipinski definition) is 1. The van der Waals surface area contributed by atoms with Gasteiger partial charge in [0.15, 0.2) is 0 Å². The third kappa shape index (κ3) is 4.22. The molecule has 0 spiro atoms. The van der Waals surface area contributed by atoms with Crippen molar-refractivity contribution >= 4 is 44.4 Å². The van der Waals surface area contributed by atoms with E-state index in [2.05, 4.69) is 140 Å². The molecule has 0 saturated carbocycles. The number of furan rings is 1. The van der Waals surface area contributed by atoms with E-state index in [1.807, 2.05) is 0 Å². The smallest absolute Gasteiger partial charge is 0.143 e. The highest BCUT2D eigenvalue weighted by Gasteiger charge is 2.38. The van der Waals surface area contributed by atoms with Gasteiger partial charge in [-0.15, -0.1) is 0 Å². The molecule has 0 amide bonds. The minimum Gasteiger partial charge on any atom is -0.455 e. The van der Waals surface area contributed by atoms with E-state index in [9.17, 15) is 0 Å². The van der Waals surface area contributed by atoms with E-state index in [0.717, 1.165) is 43.3 Å². The van der Waals surface area contributed by atoms with Crippen molar-refractivity contribution in [3.8, 4) is 0 Å². The van der Waals surface area contributed by atoms with Crippen molar-refractivity contribution < 1.29 is 4.42 Å². The van der Waals surface area contributed by atoms with Crippen molar-refractivity contribution in [1.82, 2.24) is 0 Å². The van der Waals surface area contributed by atoms with Gasteiger partial charge in [-0.3, -0.25) is 0 Å². The second kappa shape index (κ2) is 10.7. The van der Waals surface area contributed by atoms with Crippen LogP contribution in [0.4, 0.5) is 0 Å². The maximum atomic E-state index is 6.69. The number of hydrogen-bond donors (Lipinski definition) is 0. The summed E-state index contributed by atoms with van der Waals surface area (Å²) in [6, 6.07) is 26.8. The molecule has 5 aliphatic rings. The van der Waals surface area contributed by atoms with Gasteiger partial charge in [-0.2, -0.15) is 0 Å². The van der Waals surface area contributed by atoms with Gasteiger partial charge in [0.2, 0.25) is 0 Å². The summed E-state index contributed by atoms with van der Waals surface area (Å²) in [5, 5.41) is 5.07. The molecular formula is C46H36O. The Bertz CT molecular complexity index is 2390. The van der Waals surface area contributed by atoms with Crippen molar-refractivity contribution in [1.29, 1.82) is 0 Å². The Kier molecular flexibility index (Phi) is 6.16. The lowest BCUT2D eigenvalue weighted by molar-refractivity contribution is 0.597. The van der Waals surface area contributed by atoms with Crippen LogP contribution in [-0.4, -0.2) is 0 Å². The molecule has 5 aliphatic carbocycles. The first-order valence-electron chi connectivity index (χ1n) is 17.3. The first-order valence-corrected chi connectivity index (χ1v) is 17.3. The molecule has 1 heteroatoms. The molecule has 10 rings (SSSR count). The average Bonchev–Trinajstić information content (AvgIpc) is 3.50. The van der Waals surface area contributed by atoms with Crippen LogP contribution in [0.15, 0.2) is 160 Å². The third-order valence-corrected chi connectivity index (χ3v) is 11.1. The topological polar surface area (TPSA) is 13.1 Å². The van der Waals surface area contributed by atoms with Gasteiger partial charge >= 0.3 is 0 Å². The summed E-state index contributed by atoms with van der Waals surface area (Å²) < 4.78 is 6.69. The van der Waals surface area contributed by atoms with Crippen molar-refractivity contribution in [2.45, 2.75) is 38.0 Å². The summed E-state index contributed by atoms with van der Waals surface area (Å²) in [6.07, 6.45) is 31.7. The molecular weight excluding hydrogens is 569 g/mol. The van der Waals surface area contributed by atoms with Crippen LogP contribution in [0.1, 0.15) is 53.9 Å². The van der Waals surface area contributed by atoms with Crippen LogP contribution in [0.2, 0.25) is 0 Å². The summed E-state index contributed by atoms with van der Waals surface area (Å²) >= 11 is 0. The Morgan fingerprint density at radius 2 is 1.55 bits per heavy atom. The molecule has 0 N–H and O–H groups in total. The van der Waals surface area contributed by atoms with Gasteiger partial charge in [0.1, 0.15) is 11.2 Å². The molecule has 226 valence electrons. The van der Waals surface area contributed by atoms with Gasteiger partial charge in [-0.1, -0.05) is 127 Å². The number of rotatable bonds is 3. The zero-order valence-corrected chi connectivity index (χ0v) is 26.5. The van der Waals surface area contributed by atoms with Crippen LogP contribution < -0.4 is 0 Å². The van der Waals surface area contributed by atoms with Crippen LogP contribution >= 0.6 is 0 Å². The Morgan fingerprint density at radius 3 is 2.53 bits per heavy atom. The average molecular weight is 605 g/mol. The van der Waals surface area contributed by atoms with Crippen LogP contribution in [-0.2, 0) is 6.42 Å². The lowest BCUT2D eigenvalue weighted by atomic mass is 9.63. The predicted octanol–water partition coefficient (Wildman–Crippen LogP) is 12.1. The standard InChI is InChI=1S/C46H36O/c1-2-13-30-26-34(25-24-29(30)12-1)44-39-21-7-5-19-37(39)43(38-20-6-8-22-40(38)44)32-15-11-16-33(27-32)45-35-17-4-3-14-31(35)28-41-36-18-9-10-23-42(36)47-46(41)45/h1-2,4-5,7-13,16-19,21-28,32,39,44H,3,6,14-15,20H2. The lowest BCUT2D eigenvalue weighted by Gasteiger charge is -2.41. The first kappa shape index (κ1) is 27.0. The van der Waals surface area contributed by atoms with Gasteiger partial charge in [-0.05, 0) is 99.6 Å². The number of fused-ring (bicyclic) bond motifs is 6. The van der Waals surface area contributed by atoms with Gasteiger partial charge in [0.05, 0.1) is 0 Å². The maximum absolute atomic E-state index is 6.69. The highest BCUT2D eigenvalue weighted by Crippen LogP contribution is 2.53. The Hall–Kier alpha value is -5.14. The number of benzene rings is 4. The summed E-state index contributed by atoms with van der Waals surface area (Å²) in [6.45, 7) is 0. The molecule has 1 heterocycles. The fourth-order valence-electron chi connectivity index (χ4n) is 9.08. The van der Waals surface area contributed by atoms with E-state index in [0.29, 0.717) is 17.8 Å². The van der Waals surface area contributed by atoms with Crippen LogP contribution in [0.5, 0.6) is 0 Å². The van der Waals surface area contributed by atoms with Gasteiger partial charge in [-0.25, -0.2) is 0 Å². The zero-order valence-electron chi connectivity index (χ0n) is 26.5. The normalized spacial score (nSPS) is 23.1. The van der Waals surface area contributed by atoms with E-state index in [1.54, 1.807) is 11.1 Å². The molecule has 5 aromatic rings. The summed E-state index contributed by atoms with van der Waals surface area (Å²) in [7, 11) is 0. The van der Waals surface area contributed by atoms with Crippen LogP contribution in [0.25, 0.3) is 44.4 Å². The molecule has 0 bridgehead atoms. The van der Waals surface area contributed by atoms with Gasteiger partial charge < -0.3 is 4.42 Å². The van der Waals surface area contributed by atoms with E-state index in [1.165, 1.54) is 60.5 Å². The van der Waals surface area contributed by atoms with Crippen molar-refractivity contribution in [3.05, 3.63) is 178 Å². The molecule has 3 atom stereocenters. The number of aryl methyl sites for hydroxylation is 1. The lowest BCUT2D eigenvalue weighted by Crippen LogP contribution is -2.27. The monoisotopic (exact) mass is 604 g/mol. The maximum Gasteiger partial charge on any atom is 0.143 e. The van der Waals surface area contributed by atoms with Crippen molar-refractivity contribution in [3.63, 3.8) is 0 Å². The Labute approximate surface area is 276 Å². The highest BCUT2D eigenvalue weighted by molar-refractivity contribution is 6.10. The summed E-state index contributed by atoms with van der Waals surface area (Å²) in [5.74, 6) is 0.936. The Morgan fingerprint density at radius 1 is 0.681 bits per heavy atom. The highest BCUT2D eigenvalue weighted by atomic mass is 16.3. The summed E-state index contributed by atoms with van der Waals surface area (Å²) in [5.41, 5.74) is 14.8. The molecule has 0 aliphatic heterocycles. The Balaban J connectivity index is 1.16. The quantitative estimate of drug-likeness (QED) is 0.200. The number of allylic oxidation sites excluding steroid dienone is 15. The van der Waals surface area contributed by atoms with Gasteiger partial charge in [0, 0.05) is 34.1 Å². The predicted molar refractivity (Wildman–Crippen MR) is 197 cm³/mol. The van der Waals surface area contributed by atoms with Crippen molar-refractivity contribution in [2.24, 2.45) is 11.8 Å². The first-order chi connectivity index (χ1) is 23.3. The SMILES string of the molecule is C1=CC2=C(C3C=C(c4c5c(cc6c4oc4ccccc46)CCC=C5)C=CC3)C3=C(C=CCC3)C(c3ccc4ccccc4c3)C2C=C1. The second-order valence-electron chi connectivity index (χ2n) is 13.7. The molecule has 1 nitrogen and oxygen atoms in total. The van der Waals surface area contributed by atoms with E-state index >= 15 is 0 Å². The second-order valence-corrected chi connectivity index (χ2v) is 13.7. The van der Waals surface area contributed by atoms with E-state index < -0.39 is 0 Å². The minimum atomic E-state index is 0.306.